The molecule has 0 rings (SSSR count). The van der Waals surface area contributed by atoms with Crippen molar-refractivity contribution in [2.24, 2.45) is 0 Å². The monoisotopic (exact) mass is 710 g/mol. The van der Waals surface area contributed by atoms with Gasteiger partial charge in [0.1, 0.15) is 5.60 Å². The standard InChI is InChI=1S/C37H75NO11/c1-6-7-8-9-10-11-12-13-14-15-16-18-40-20-22-42-24-26-44-28-30-46-32-34-48-35-33-47-31-29-45-27-25-43-23-21-41-19-17-38(5)36(39)49-37(2,3)4/h6-35H2,1-5H3. The van der Waals surface area contributed by atoms with E-state index in [0.717, 1.165) is 13.0 Å². The highest BCUT2D eigenvalue weighted by atomic mass is 16.6. The number of hydrogen-bond donors (Lipinski definition) is 0. The average Bonchev–Trinajstić information content (AvgIpc) is 3.06. The lowest BCUT2D eigenvalue weighted by atomic mass is 10.1. The summed E-state index contributed by atoms with van der Waals surface area (Å²) < 4.78 is 55.0. The van der Waals surface area contributed by atoms with Gasteiger partial charge in [0.25, 0.3) is 0 Å². The van der Waals surface area contributed by atoms with Crippen molar-refractivity contribution >= 4 is 6.09 Å². The van der Waals surface area contributed by atoms with E-state index in [4.69, 9.17) is 47.4 Å². The third-order valence-electron chi connectivity index (χ3n) is 7.14. The van der Waals surface area contributed by atoms with Crippen LogP contribution in [0.4, 0.5) is 4.79 Å². The number of likely N-dealkylation sites (N-methyl/N-ethyl adjacent to an activating group) is 1. The predicted octanol–water partition coefficient (Wildman–Crippen LogP) is 6.31. The Morgan fingerprint density at radius 3 is 0.980 bits per heavy atom. The maximum Gasteiger partial charge on any atom is 0.410 e. The molecule has 1 amide bonds. The first kappa shape index (κ1) is 47.9. The molecular formula is C37H75NO11. The number of hydrogen-bond acceptors (Lipinski definition) is 11. The van der Waals surface area contributed by atoms with Gasteiger partial charge in [-0.15, -0.1) is 0 Å². The maximum atomic E-state index is 11.9. The molecule has 0 heterocycles. The molecule has 0 N–H and O–H groups in total. The van der Waals surface area contributed by atoms with Gasteiger partial charge in [0.05, 0.1) is 112 Å². The predicted molar refractivity (Wildman–Crippen MR) is 193 cm³/mol. The van der Waals surface area contributed by atoms with Crippen LogP contribution in [0, 0.1) is 0 Å². The lowest BCUT2D eigenvalue weighted by molar-refractivity contribution is -0.0254. The first-order valence-corrected chi connectivity index (χ1v) is 19.0. The lowest BCUT2D eigenvalue weighted by Crippen LogP contribution is -2.36. The molecule has 12 heteroatoms. The van der Waals surface area contributed by atoms with Crippen LogP contribution in [0.3, 0.4) is 0 Å². The van der Waals surface area contributed by atoms with Crippen LogP contribution >= 0.6 is 0 Å². The first-order valence-electron chi connectivity index (χ1n) is 19.0. The molecule has 0 unspecified atom stereocenters. The average molecular weight is 710 g/mol. The number of rotatable bonds is 39. The molecule has 0 atom stereocenters. The molecule has 0 saturated carbocycles. The second kappa shape index (κ2) is 38.1. The van der Waals surface area contributed by atoms with Crippen molar-refractivity contribution in [3.63, 3.8) is 0 Å². The van der Waals surface area contributed by atoms with Crippen LogP contribution in [0.2, 0.25) is 0 Å². The molecule has 294 valence electrons. The van der Waals surface area contributed by atoms with E-state index in [1.165, 1.54) is 69.1 Å². The van der Waals surface area contributed by atoms with Gasteiger partial charge >= 0.3 is 6.09 Å². The molecule has 0 aromatic carbocycles. The van der Waals surface area contributed by atoms with Crippen LogP contribution < -0.4 is 0 Å². The van der Waals surface area contributed by atoms with Gasteiger partial charge in [0, 0.05) is 20.2 Å². The summed E-state index contributed by atoms with van der Waals surface area (Å²) in [7, 11) is 1.69. The second-order valence-electron chi connectivity index (χ2n) is 12.9. The van der Waals surface area contributed by atoms with Gasteiger partial charge in [0.15, 0.2) is 0 Å². The van der Waals surface area contributed by atoms with E-state index >= 15 is 0 Å². The molecule has 0 aliphatic rings. The molecule has 0 bridgehead atoms. The third-order valence-corrected chi connectivity index (χ3v) is 7.14. The highest BCUT2D eigenvalue weighted by Crippen LogP contribution is 2.11. The van der Waals surface area contributed by atoms with Crippen LogP contribution in [0.15, 0.2) is 0 Å². The highest BCUT2D eigenvalue weighted by Gasteiger charge is 2.19. The fourth-order valence-corrected chi connectivity index (χ4v) is 4.36. The van der Waals surface area contributed by atoms with Crippen LogP contribution in [-0.2, 0) is 47.4 Å². The van der Waals surface area contributed by atoms with E-state index in [1.54, 1.807) is 7.05 Å². The van der Waals surface area contributed by atoms with E-state index in [0.29, 0.717) is 119 Å². The second-order valence-corrected chi connectivity index (χ2v) is 12.9. The van der Waals surface area contributed by atoms with Gasteiger partial charge in [-0.05, 0) is 27.2 Å². The minimum atomic E-state index is -0.505. The number of carbonyl (C=O) groups is 1. The van der Waals surface area contributed by atoms with Crippen LogP contribution in [0.1, 0.15) is 98.3 Å². The van der Waals surface area contributed by atoms with Gasteiger partial charge < -0.3 is 52.3 Å². The van der Waals surface area contributed by atoms with Crippen molar-refractivity contribution in [2.75, 3.05) is 133 Å². The summed E-state index contributed by atoms with van der Waals surface area (Å²) in [4.78, 5) is 13.4. The molecule has 0 fully saturated rings. The Labute approximate surface area is 299 Å². The summed E-state index contributed by atoms with van der Waals surface area (Å²) in [6, 6.07) is 0. The van der Waals surface area contributed by atoms with Crippen LogP contribution in [0.25, 0.3) is 0 Å². The summed E-state index contributed by atoms with van der Waals surface area (Å²) >= 11 is 0. The number of ether oxygens (including phenoxy) is 10. The van der Waals surface area contributed by atoms with E-state index in [1.807, 2.05) is 20.8 Å². The van der Waals surface area contributed by atoms with Crippen molar-refractivity contribution in [1.29, 1.82) is 0 Å². The molecule has 0 aromatic rings. The molecule has 0 saturated heterocycles. The summed E-state index contributed by atoms with van der Waals surface area (Å²) in [6.07, 6.45) is 14.5. The van der Waals surface area contributed by atoms with Gasteiger partial charge in [-0.25, -0.2) is 4.79 Å². The van der Waals surface area contributed by atoms with E-state index in [-0.39, 0.29) is 6.09 Å². The molecule has 49 heavy (non-hydrogen) atoms. The summed E-state index contributed by atoms with van der Waals surface area (Å²) in [6.45, 7) is 17.9. The SMILES string of the molecule is CCCCCCCCCCCCCOCCOCCOCCOCCOCCOCCOCCOCCOCCN(C)C(=O)OC(C)(C)C. The number of unbranched alkanes of at least 4 members (excludes halogenated alkanes) is 10. The molecule has 0 spiro atoms. The largest absolute Gasteiger partial charge is 0.444 e. The molecule has 0 radical (unpaired) electrons. The number of nitrogens with zero attached hydrogens (tertiary/aromatic N) is 1. The minimum Gasteiger partial charge on any atom is -0.444 e. The van der Waals surface area contributed by atoms with Gasteiger partial charge in [-0.2, -0.15) is 0 Å². The minimum absolute atomic E-state index is 0.359. The normalized spacial score (nSPS) is 11.8. The summed E-state index contributed by atoms with van der Waals surface area (Å²) in [5, 5.41) is 0. The van der Waals surface area contributed by atoms with Crippen molar-refractivity contribution in [2.45, 2.75) is 104 Å². The van der Waals surface area contributed by atoms with E-state index in [2.05, 4.69) is 6.92 Å². The van der Waals surface area contributed by atoms with Gasteiger partial charge in [0.2, 0.25) is 0 Å². The Kier molecular flexibility index (Phi) is 37.3. The molecule has 12 nitrogen and oxygen atoms in total. The summed E-state index contributed by atoms with van der Waals surface area (Å²) in [5.74, 6) is 0. The maximum absolute atomic E-state index is 11.9. The van der Waals surface area contributed by atoms with Crippen molar-refractivity contribution in [3.05, 3.63) is 0 Å². The van der Waals surface area contributed by atoms with Gasteiger partial charge in [-0.3, -0.25) is 0 Å². The zero-order chi connectivity index (χ0) is 35.9. The van der Waals surface area contributed by atoms with Crippen LogP contribution in [0.5, 0.6) is 0 Å². The van der Waals surface area contributed by atoms with Crippen LogP contribution in [-0.4, -0.2) is 149 Å². The fourth-order valence-electron chi connectivity index (χ4n) is 4.36. The quantitative estimate of drug-likeness (QED) is 0.0669. The molecule has 0 aliphatic heterocycles. The van der Waals surface area contributed by atoms with Crippen molar-refractivity contribution in [3.8, 4) is 0 Å². The molecular weight excluding hydrogens is 634 g/mol. The van der Waals surface area contributed by atoms with Crippen molar-refractivity contribution in [1.82, 2.24) is 4.90 Å². The van der Waals surface area contributed by atoms with Crippen molar-refractivity contribution < 1.29 is 52.2 Å². The Balaban J connectivity index is 3.13. The summed E-state index contributed by atoms with van der Waals surface area (Å²) in [5.41, 5.74) is -0.505. The molecule has 0 aliphatic carbocycles. The Morgan fingerprint density at radius 1 is 0.408 bits per heavy atom. The van der Waals surface area contributed by atoms with E-state index < -0.39 is 5.60 Å². The third kappa shape index (κ3) is 41.2. The van der Waals surface area contributed by atoms with Gasteiger partial charge in [-0.1, -0.05) is 71.1 Å². The number of carbonyl (C=O) groups excluding carboxylic acids is 1. The lowest BCUT2D eigenvalue weighted by Gasteiger charge is -2.24. The topological polar surface area (TPSA) is 113 Å². The van der Waals surface area contributed by atoms with E-state index in [9.17, 15) is 4.79 Å². The smallest absolute Gasteiger partial charge is 0.410 e. The first-order chi connectivity index (χ1) is 23.9. The Hall–Kier alpha value is -1.09. The number of amides is 1. The molecule has 0 aromatic heterocycles. The zero-order valence-corrected chi connectivity index (χ0v) is 32.2. The zero-order valence-electron chi connectivity index (χ0n) is 32.2. The Morgan fingerprint density at radius 2 is 0.673 bits per heavy atom. The fraction of sp³-hybridized carbons (Fsp3) is 0.973. The Bertz CT molecular complexity index is 667. The highest BCUT2D eigenvalue weighted by molar-refractivity contribution is 5.67.